The highest BCUT2D eigenvalue weighted by molar-refractivity contribution is 5.97. The van der Waals surface area contributed by atoms with Gasteiger partial charge in [-0.15, -0.1) is 0 Å². The lowest BCUT2D eigenvalue weighted by Gasteiger charge is -2.26. The van der Waals surface area contributed by atoms with Crippen molar-refractivity contribution in [3.05, 3.63) is 66.0 Å². The average Bonchev–Trinajstić information content (AvgIpc) is 3.17. The summed E-state index contributed by atoms with van der Waals surface area (Å²) >= 11 is 0. The van der Waals surface area contributed by atoms with Gasteiger partial charge >= 0.3 is 0 Å². The van der Waals surface area contributed by atoms with Crippen molar-refractivity contribution in [3.63, 3.8) is 0 Å². The Kier molecular flexibility index (Phi) is 4.29. The van der Waals surface area contributed by atoms with Crippen LogP contribution in [-0.4, -0.2) is 41.4 Å². The lowest BCUT2D eigenvalue weighted by Crippen LogP contribution is -2.30. The molecule has 0 saturated carbocycles. The summed E-state index contributed by atoms with van der Waals surface area (Å²) in [4.78, 5) is 25.9. The van der Waals surface area contributed by atoms with Gasteiger partial charge in [-0.1, -0.05) is 18.2 Å². The molecule has 0 aliphatic carbocycles. The smallest absolute Gasteiger partial charge is 0.255 e. The number of pyridine rings is 2. The van der Waals surface area contributed by atoms with E-state index in [1.54, 1.807) is 6.20 Å². The number of rotatable bonds is 3. The zero-order valence-electron chi connectivity index (χ0n) is 15.1. The molecule has 1 saturated heterocycles. The van der Waals surface area contributed by atoms with Gasteiger partial charge in [-0.3, -0.25) is 9.78 Å². The molecule has 5 heteroatoms. The molecule has 1 fully saturated rings. The normalized spacial score (nSPS) is 16.8. The molecule has 0 N–H and O–H groups in total. The fourth-order valence-corrected chi connectivity index (χ4v) is 3.60. The van der Waals surface area contributed by atoms with E-state index in [0.29, 0.717) is 5.56 Å². The first-order valence-electron chi connectivity index (χ1n) is 8.92. The third-order valence-corrected chi connectivity index (χ3v) is 4.96. The Morgan fingerprint density at radius 3 is 2.85 bits per heavy atom. The van der Waals surface area contributed by atoms with Gasteiger partial charge in [-0.05, 0) is 42.7 Å². The van der Waals surface area contributed by atoms with Crippen molar-refractivity contribution in [2.24, 2.45) is 0 Å². The number of benzene rings is 1. The Balaban J connectivity index is 1.65. The van der Waals surface area contributed by atoms with Gasteiger partial charge in [0.05, 0.1) is 17.1 Å². The fourth-order valence-electron chi connectivity index (χ4n) is 3.60. The van der Waals surface area contributed by atoms with E-state index in [4.69, 9.17) is 0 Å². The molecule has 3 heterocycles. The molecule has 5 nitrogen and oxygen atoms in total. The van der Waals surface area contributed by atoms with E-state index in [9.17, 15) is 4.79 Å². The number of nitrogens with zero attached hydrogens (tertiary/aromatic N) is 4. The number of carbonyl (C=O) groups excluding carboxylic acids is 1. The summed E-state index contributed by atoms with van der Waals surface area (Å²) in [6.07, 6.45) is 5.50. The number of hydrogen-bond donors (Lipinski definition) is 0. The molecular weight excluding hydrogens is 324 g/mol. The molecule has 1 aromatic carbocycles. The summed E-state index contributed by atoms with van der Waals surface area (Å²) in [5, 5.41) is 0.993. The molecule has 1 atom stereocenters. The molecule has 2 aromatic heterocycles. The van der Waals surface area contributed by atoms with Crippen LogP contribution in [0.3, 0.4) is 0 Å². The van der Waals surface area contributed by atoms with Crippen molar-refractivity contribution in [2.45, 2.75) is 18.9 Å². The van der Waals surface area contributed by atoms with E-state index in [-0.39, 0.29) is 11.9 Å². The number of likely N-dealkylation sites (tertiary alicyclic amines) is 1. The second kappa shape index (κ2) is 6.75. The first-order valence-corrected chi connectivity index (χ1v) is 8.92. The highest BCUT2D eigenvalue weighted by atomic mass is 16.2. The van der Waals surface area contributed by atoms with Crippen LogP contribution in [0.15, 0.2) is 54.9 Å². The predicted molar refractivity (Wildman–Crippen MR) is 103 cm³/mol. The van der Waals surface area contributed by atoms with E-state index in [1.165, 1.54) is 0 Å². The van der Waals surface area contributed by atoms with E-state index in [0.717, 1.165) is 41.7 Å². The van der Waals surface area contributed by atoms with Crippen LogP contribution in [0.2, 0.25) is 0 Å². The molecule has 0 unspecified atom stereocenters. The fraction of sp³-hybridized carbons (Fsp3) is 0.286. The highest BCUT2D eigenvalue weighted by Crippen LogP contribution is 2.34. The number of carbonyl (C=O) groups is 1. The van der Waals surface area contributed by atoms with Gasteiger partial charge in [0, 0.05) is 38.4 Å². The topological polar surface area (TPSA) is 49.3 Å². The van der Waals surface area contributed by atoms with E-state index < -0.39 is 0 Å². The first kappa shape index (κ1) is 16.5. The molecule has 3 aromatic rings. The summed E-state index contributed by atoms with van der Waals surface area (Å²) in [6.45, 7) is 0.774. The van der Waals surface area contributed by atoms with Gasteiger partial charge < -0.3 is 9.80 Å². The van der Waals surface area contributed by atoms with Crippen LogP contribution in [0.5, 0.6) is 0 Å². The van der Waals surface area contributed by atoms with Gasteiger partial charge in [0.2, 0.25) is 0 Å². The summed E-state index contributed by atoms with van der Waals surface area (Å²) in [5.41, 5.74) is 2.70. The standard InChI is InChI=1S/C21H22N4O/c1-24(2)20-13-16(9-10-22-20)19-8-5-11-25(19)21(26)17-12-15-6-3-4-7-18(15)23-14-17/h3-4,6-7,9-10,12-14,19H,5,8,11H2,1-2H3/t19-/m0/s1. The predicted octanol–water partition coefficient (Wildman–Crippen LogP) is 3.67. The first-order chi connectivity index (χ1) is 12.6. The number of anilines is 1. The molecule has 1 amide bonds. The molecule has 1 aliphatic rings. The number of para-hydroxylation sites is 1. The average molecular weight is 346 g/mol. The van der Waals surface area contributed by atoms with Gasteiger partial charge in [-0.2, -0.15) is 0 Å². The minimum Gasteiger partial charge on any atom is -0.363 e. The van der Waals surface area contributed by atoms with Crippen LogP contribution in [0.1, 0.15) is 34.8 Å². The molecule has 26 heavy (non-hydrogen) atoms. The van der Waals surface area contributed by atoms with Crippen molar-refractivity contribution >= 4 is 22.6 Å². The monoisotopic (exact) mass is 346 g/mol. The number of aromatic nitrogens is 2. The minimum atomic E-state index is 0.0500. The van der Waals surface area contributed by atoms with Crippen LogP contribution < -0.4 is 4.90 Å². The maximum Gasteiger partial charge on any atom is 0.255 e. The number of amides is 1. The Morgan fingerprint density at radius 2 is 2.00 bits per heavy atom. The van der Waals surface area contributed by atoms with Crippen LogP contribution in [0, 0.1) is 0 Å². The number of hydrogen-bond acceptors (Lipinski definition) is 4. The highest BCUT2D eigenvalue weighted by Gasteiger charge is 2.31. The van der Waals surface area contributed by atoms with Crippen molar-refractivity contribution in [1.29, 1.82) is 0 Å². The molecule has 132 valence electrons. The van der Waals surface area contributed by atoms with Crippen molar-refractivity contribution in [3.8, 4) is 0 Å². The lowest BCUT2D eigenvalue weighted by atomic mass is 10.0. The lowest BCUT2D eigenvalue weighted by molar-refractivity contribution is 0.0735. The van der Waals surface area contributed by atoms with Crippen LogP contribution in [-0.2, 0) is 0 Å². The molecule has 0 radical (unpaired) electrons. The summed E-state index contributed by atoms with van der Waals surface area (Å²) in [5.74, 6) is 0.961. The van der Waals surface area contributed by atoms with Crippen LogP contribution >= 0.6 is 0 Å². The minimum absolute atomic E-state index is 0.0500. The van der Waals surface area contributed by atoms with Gasteiger partial charge in [0.15, 0.2) is 0 Å². The molecule has 0 bridgehead atoms. The van der Waals surface area contributed by atoms with Gasteiger partial charge in [0.1, 0.15) is 5.82 Å². The summed E-state index contributed by atoms with van der Waals surface area (Å²) < 4.78 is 0. The number of fused-ring (bicyclic) bond motifs is 1. The van der Waals surface area contributed by atoms with Crippen LogP contribution in [0.4, 0.5) is 5.82 Å². The summed E-state index contributed by atoms with van der Waals surface area (Å²) in [7, 11) is 3.95. The molecule has 1 aliphatic heterocycles. The van der Waals surface area contributed by atoms with Crippen molar-refractivity contribution in [1.82, 2.24) is 14.9 Å². The maximum absolute atomic E-state index is 13.2. The quantitative estimate of drug-likeness (QED) is 0.726. The summed E-state index contributed by atoms with van der Waals surface area (Å²) in [6, 6.07) is 14.0. The molecule has 0 spiro atoms. The Hall–Kier alpha value is -2.95. The largest absolute Gasteiger partial charge is 0.363 e. The second-order valence-corrected chi connectivity index (χ2v) is 6.92. The SMILES string of the molecule is CN(C)c1cc([C@@H]2CCCN2C(=O)c2cnc3ccccc3c2)ccn1. The maximum atomic E-state index is 13.2. The molecular formula is C21H22N4O. The molecule has 4 rings (SSSR count). The van der Waals surface area contributed by atoms with E-state index in [1.807, 2.05) is 66.5 Å². The zero-order chi connectivity index (χ0) is 18.1. The Labute approximate surface area is 153 Å². The third-order valence-electron chi connectivity index (χ3n) is 4.96. The second-order valence-electron chi connectivity index (χ2n) is 6.92. The van der Waals surface area contributed by atoms with Gasteiger partial charge in [-0.25, -0.2) is 4.98 Å². The van der Waals surface area contributed by atoms with Crippen molar-refractivity contribution in [2.75, 3.05) is 25.5 Å². The zero-order valence-corrected chi connectivity index (χ0v) is 15.1. The van der Waals surface area contributed by atoms with Crippen molar-refractivity contribution < 1.29 is 4.79 Å². The van der Waals surface area contributed by atoms with E-state index >= 15 is 0 Å². The van der Waals surface area contributed by atoms with Gasteiger partial charge in [0.25, 0.3) is 5.91 Å². The Bertz CT molecular complexity index is 953. The third kappa shape index (κ3) is 3.01. The Morgan fingerprint density at radius 1 is 1.15 bits per heavy atom. The van der Waals surface area contributed by atoms with E-state index in [2.05, 4.69) is 16.0 Å². The van der Waals surface area contributed by atoms with Crippen LogP contribution in [0.25, 0.3) is 10.9 Å².